The normalized spacial score (nSPS) is 25.4. The zero-order chi connectivity index (χ0) is 22.0. The van der Waals surface area contributed by atoms with Gasteiger partial charge in [0.05, 0.1) is 0 Å². The summed E-state index contributed by atoms with van der Waals surface area (Å²) in [4.78, 5) is 49.8. The van der Waals surface area contributed by atoms with Gasteiger partial charge in [0.25, 0.3) is 5.91 Å². The summed E-state index contributed by atoms with van der Waals surface area (Å²) >= 11 is 1.44. The van der Waals surface area contributed by atoms with Crippen LogP contribution in [-0.4, -0.2) is 53.2 Å². The minimum Gasteiger partial charge on any atom is -0.454 e. The molecular weight excluding hydrogens is 425 g/mol. The van der Waals surface area contributed by atoms with Crippen LogP contribution in [0.2, 0.25) is 0 Å². The number of thioether (sulfide) groups is 1. The SMILES string of the molecule is O=C(COC(=O)[C@H]1CS[C@]2(c3ccc(F)cc3)CCC(=O)N12)NC(=O)NC1CCCC1. The third-order valence-electron chi connectivity index (χ3n) is 5.98. The molecule has 3 fully saturated rings. The quantitative estimate of drug-likeness (QED) is 0.667. The lowest BCUT2D eigenvalue weighted by atomic mass is 10.0. The number of halogens is 1. The van der Waals surface area contributed by atoms with Crippen LogP contribution in [0, 0.1) is 5.82 Å². The predicted molar refractivity (Wildman–Crippen MR) is 110 cm³/mol. The molecule has 1 aromatic carbocycles. The summed E-state index contributed by atoms with van der Waals surface area (Å²) in [7, 11) is 0. The Morgan fingerprint density at radius 3 is 2.61 bits per heavy atom. The molecule has 0 unspecified atom stereocenters. The van der Waals surface area contributed by atoms with Crippen LogP contribution >= 0.6 is 11.8 Å². The van der Waals surface area contributed by atoms with Gasteiger partial charge >= 0.3 is 12.0 Å². The third-order valence-corrected chi connectivity index (χ3v) is 7.58. The second-order valence-corrected chi connectivity index (χ2v) is 9.29. The maximum absolute atomic E-state index is 13.3. The molecule has 0 bridgehead atoms. The molecule has 166 valence electrons. The molecule has 2 heterocycles. The van der Waals surface area contributed by atoms with Crippen LogP contribution in [-0.2, 0) is 24.0 Å². The maximum Gasteiger partial charge on any atom is 0.330 e. The highest BCUT2D eigenvalue weighted by atomic mass is 32.2. The van der Waals surface area contributed by atoms with Crippen LogP contribution in [0.25, 0.3) is 0 Å². The second-order valence-electron chi connectivity index (χ2n) is 7.99. The predicted octanol–water partition coefficient (Wildman–Crippen LogP) is 2.03. The molecule has 2 saturated heterocycles. The van der Waals surface area contributed by atoms with Crippen molar-refractivity contribution in [1.82, 2.24) is 15.5 Å². The van der Waals surface area contributed by atoms with E-state index in [0.717, 1.165) is 31.2 Å². The lowest BCUT2D eigenvalue weighted by Gasteiger charge is -2.33. The number of rotatable bonds is 5. The van der Waals surface area contributed by atoms with Crippen molar-refractivity contribution in [2.45, 2.75) is 55.5 Å². The first kappa shape index (κ1) is 21.6. The van der Waals surface area contributed by atoms with Crippen molar-refractivity contribution in [1.29, 1.82) is 0 Å². The number of hydrogen-bond acceptors (Lipinski definition) is 6. The van der Waals surface area contributed by atoms with E-state index in [9.17, 15) is 23.6 Å². The van der Waals surface area contributed by atoms with Gasteiger partial charge in [-0.2, -0.15) is 0 Å². The molecule has 0 radical (unpaired) electrons. The van der Waals surface area contributed by atoms with Gasteiger partial charge in [0.2, 0.25) is 5.91 Å². The van der Waals surface area contributed by atoms with Crippen LogP contribution in [0.15, 0.2) is 24.3 Å². The first-order chi connectivity index (χ1) is 14.9. The van der Waals surface area contributed by atoms with Gasteiger partial charge in [0, 0.05) is 18.2 Å². The van der Waals surface area contributed by atoms with Gasteiger partial charge in [-0.05, 0) is 37.0 Å². The van der Waals surface area contributed by atoms with E-state index in [-0.39, 0.29) is 24.2 Å². The molecule has 2 N–H and O–H groups in total. The number of amides is 4. The Kier molecular flexibility index (Phi) is 6.17. The summed E-state index contributed by atoms with van der Waals surface area (Å²) in [5.74, 6) is -1.68. The fourth-order valence-electron chi connectivity index (χ4n) is 4.52. The minimum atomic E-state index is -0.842. The summed E-state index contributed by atoms with van der Waals surface area (Å²) in [6.07, 6.45) is 4.64. The summed E-state index contributed by atoms with van der Waals surface area (Å²) < 4.78 is 18.5. The zero-order valence-electron chi connectivity index (χ0n) is 16.9. The Bertz CT molecular complexity index is 890. The van der Waals surface area contributed by atoms with Crippen LogP contribution in [0.4, 0.5) is 9.18 Å². The van der Waals surface area contributed by atoms with E-state index in [1.54, 1.807) is 12.1 Å². The molecule has 8 nitrogen and oxygen atoms in total. The number of benzene rings is 1. The summed E-state index contributed by atoms with van der Waals surface area (Å²) in [6.45, 7) is -0.607. The molecule has 2 aliphatic heterocycles. The first-order valence-corrected chi connectivity index (χ1v) is 11.4. The number of esters is 1. The van der Waals surface area contributed by atoms with Gasteiger partial charge in [0.15, 0.2) is 6.61 Å². The van der Waals surface area contributed by atoms with Crippen molar-refractivity contribution >= 4 is 35.6 Å². The van der Waals surface area contributed by atoms with Crippen molar-refractivity contribution < 1.29 is 28.3 Å². The highest BCUT2D eigenvalue weighted by Crippen LogP contribution is 2.54. The number of hydrogen-bond donors (Lipinski definition) is 2. The van der Waals surface area contributed by atoms with Gasteiger partial charge < -0.3 is 15.0 Å². The molecule has 0 aromatic heterocycles. The number of ether oxygens (including phenoxy) is 1. The molecule has 4 rings (SSSR count). The van der Waals surface area contributed by atoms with Crippen LogP contribution < -0.4 is 10.6 Å². The molecule has 31 heavy (non-hydrogen) atoms. The van der Waals surface area contributed by atoms with Gasteiger partial charge in [-0.25, -0.2) is 14.0 Å². The summed E-state index contributed by atoms with van der Waals surface area (Å²) in [5, 5.41) is 4.88. The van der Waals surface area contributed by atoms with Crippen LogP contribution in [0.5, 0.6) is 0 Å². The molecular formula is C21H24FN3O5S. The Labute approximate surface area is 183 Å². The molecule has 4 amide bonds. The number of carbonyl (C=O) groups excluding carboxylic acids is 4. The third kappa shape index (κ3) is 4.39. The summed E-state index contributed by atoms with van der Waals surface area (Å²) in [6, 6.07) is 4.53. The van der Waals surface area contributed by atoms with Crippen LogP contribution in [0.3, 0.4) is 0 Å². The van der Waals surface area contributed by atoms with E-state index in [2.05, 4.69) is 10.6 Å². The first-order valence-electron chi connectivity index (χ1n) is 10.4. The number of fused-ring (bicyclic) bond motifs is 1. The number of carbonyl (C=O) groups is 4. The molecule has 3 aliphatic rings. The fourth-order valence-corrected chi connectivity index (χ4v) is 6.15. The largest absolute Gasteiger partial charge is 0.454 e. The second kappa shape index (κ2) is 8.86. The van der Waals surface area contributed by atoms with Gasteiger partial charge in [-0.1, -0.05) is 25.0 Å². The average Bonchev–Trinajstić information content (AvgIpc) is 3.45. The maximum atomic E-state index is 13.3. The minimum absolute atomic E-state index is 0.0617. The van der Waals surface area contributed by atoms with Gasteiger partial charge in [-0.15, -0.1) is 11.8 Å². The number of nitrogens with zero attached hydrogens (tertiary/aromatic N) is 1. The topological polar surface area (TPSA) is 105 Å². The van der Waals surface area contributed by atoms with E-state index in [1.807, 2.05) is 0 Å². The van der Waals surface area contributed by atoms with E-state index in [1.165, 1.54) is 28.8 Å². The van der Waals surface area contributed by atoms with E-state index >= 15 is 0 Å². The Hall–Kier alpha value is -2.62. The van der Waals surface area contributed by atoms with Crippen molar-refractivity contribution in [3.05, 3.63) is 35.6 Å². The Balaban J connectivity index is 1.34. The van der Waals surface area contributed by atoms with Gasteiger partial charge in [-0.3, -0.25) is 14.9 Å². The Morgan fingerprint density at radius 1 is 1.19 bits per heavy atom. The monoisotopic (exact) mass is 449 g/mol. The molecule has 10 heteroatoms. The van der Waals surface area contributed by atoms with Crippen molar-refractivity contribution in [3.8, 4) is 0 Å². The van der Waals surface area contributed by atoms with Crippen molar-refractivity contribution in [2.24, 2.45) is 0 Å². The molecule has 1 aromatic rings. The van der Waals surface area contributed by atoms with Crippen molar-refractivity contribution in [2.75, 3.05) is 12.4 Å². The molecule has 1 aliphatic carbocycles. The lowest BCUT2D eigenvalue weighted by Crippen LogP contribution is -2.48. The summed E-state index contributed by atoms with van der Waals surface area (Å²) in [5.41, 5.74) is 0.751. The number of nitrogens with one attached hydrogen (secondary N) is 2. The van der Waals surface area contributed by atoms with E-state index < -0.39 is 35.4 Å². The lowest BCUT2D eigenvalue weighted by molar-refractivity contribution is -0.156. The number of imide groups is 1. The average molecular weight is 450 g/mol. The van der Waals surface area contributed by atoms with Gasteiger partial charge in [0.1, 0.15) is 16.7 Å². The Morgan fingerprint density at radius 2 is 1.90 bits per heavy atom. The molecule has 0 spiro atoms. The van der Waals surface area contributed by atoms with E-state index in [0.29, 0.717) is 12.2 Å². The standard InChI is InChI=1S/C21H24FN3O5S/c22-14-7-5-13(6-8-14)21-10-9-18(27)25(21)16(12-31-21)19(28)30-11-17(26)24-20(29)23-15-3-1-2-4-15/h5-8,15-16H,1-4,9-12H2,(H2,23,24,26,29)/t16-,21+/m1/s1. The zero-order valence-corrected chi connectivity index (χ0v) is 17.7. The fraction of sp³-hybridized carbons (Fsp3) is 0.524. The number of urea groups is 1. The smallest absolute Gasteiger partial charge is 0.330 e. The highest BCUT2D eigenvalue weighted by molar-refractivity contribution is 8.00. The highest BCUT2D eigenvalue weighted by Gasteiger charge is 2.57. The van der Waals surface area contributed by atoms with Crippen molar-refractivity contribution in [3.63, 3.8) is 0 Å². The molecule has 1 saturated carbocycles. The van der Waals surface area contributed by atoms with Crippen LogP contribution in [0.1, 0.15) is 44.1 Å². The molecule has 2 atom stereocenters. The van der Waals surface area contributed by atoms with E-state index in [4.69, 9.17) is 4.74 Å².